The first-order valence-corrected chi connectivity index (χ1v) is 7.25. The van der Waals surface area contributed by atoms with Crippen LogP contribution >= 0.6 is 0 Å². The van der Waals surface area contributed by atoms with Crippen molar-refractivity contribution in [2.45, 2.75) is 12.5 Å². The number of carbonyl (C=O) groups is 2. The highest BCUT2D eigenvalue weighted by molar-refractivity contribution is 5.97. The zero-order valence-electron chi connectivity index (χ0n) is 12.5. The maximum absolute atomic E-state index is 12.3. The van der Waals surface area contributed by atoms with E-state index in [0.29, 0.717) is 12.0 Å². The van der Waals surface area contributed by atoms with E-state index in [9.17, 15) is 9.59 Å². The molecule has 2 rings (SSSR count). The van der Waals surface area contributed by atoms with E-state index in [1.165, 1.54) is 0 Å². The quantitative estimate of drug-likeness (QED) is 0.796. The van der Waals surface area contributed by atoms with Crippen molar-refractivity contribution in [1.29, 1.82) is 5.26 Å². The predicted octanol–water partition coefficient (Wildman–Crippen LogP) is 1.67. The Labute approximate surface area is 134 Å². The molecule has 0 spiro atoms. The van der Waals surface area contributed by atoms with E-state index in [1.54, 1.807) is 24.3 Å². The fraction of sp³-hybridized carbons (Fsp3) is 0.167. The highest BCUT2D eigenvalue weighted by atomic mass is 16.2. The first-order chi connectivity index (χ1) is 11.2. The summed E-state index contributed by atoms with van der Waals surface area (Å²) >= 11 is 0. The molecular formula is C18H17N3O2. The van der Waals surface area contributed by atoms with Crippen LogP contribution < -0.4 is 10.6 Å². The summed E-state index contributed by atoms with van der Waals surface area (Å²) in [6.07, 6.45) is 0.358. The third kappa shape index (κ3) is 4.97. The molecule has 0 unspecified atom stereocenters. The van der Waals surface area contributed by atoms with Gasteiger partial charge in [0.25, 0.3) is 5.91 Å². The Hall–Kier alpha value is -3.13. The molecule has 2 amide bonds. The van der Waals surface area contributed by atoms with Crippen molar-refractivity contribution in [3.63, 3.8) is 0 Å². The van der Waals surface area contributed by atoms with Crippen LogP contribution in [-0.2, 0) is 11.2 Å². The second kappa shape index (κ2) is 8.35. The standard InChI is InChI=1S/C18H17N3O2/c19-11-12-20-18(23)16(13-14-7-3-1-4-8-14)21-17(22)15-9-5-2-6-10-15/h1-10,16H,12-13H2,(H,20,23)(H,21,22)/t16-/m1/s1. The van der Waals surface area contributed by atoms with Crippen molar-refractivity contribution >= 4 is 11.8 Å². The van der Waals surface area contributed by atoms with Gasteiger partial charge in [-0.25, -0.2) is 0 Å². The number of hydrogen-bond donors (Lipinski definition) is 2. The van der Waals surface area contributed by atoms with Crippen LogP contribution in [0.25, 0.3) is 0 Å². The van der Waals surface area contributed by atoms with Crippen molar-refractivity contribution in [1.82, 2.24) is 10.6 Å². The van der Waals surface area contributed by atoms with E-state index in [4.69, 9.17) is 5.26 Å². The Kier molecular flexibility index (Phi) is 5.89. The van der Waals surface area contributed by atoms with Crippen molar-refractivity contribution in [3.8, 4) is 6.07 Å². The second-order valence-electron chi connectivity index (χ2n) is 4.96. The number of nitrogens with one attached hydrogen (secondary N) is 2. The molecule has 0 fully saturated rings. The third-order valence-corrected chi connectivity index (χ3v) is 3.28. The molecule has 0 aliphatic rings. The molecule has 0 saturated carbocycles. The number of hydrogen-bond acceptors (Lipinski definition) is 3. The maximum Gasteiger partial charge on any atom is 0.251 e. The zero-order valence-corrected chi connectivity index (χ0v) is 12.5. The highest BCUT2D eigenvalue weighted by Gasteiger charge is 2.21. The van der Waals surface area contributed by atoms with Gasteiger partial charge in [0, 0.05) is 12.0 Å². The number of nitrogens with zero attached hydrogens (tertiary/aromatic N) is 1. The summed E-state index contributed by atoms with van der Waals surface area (Å²) in [5, 5.41) is 13.8. The molecule has 5 heteroatoms. The minimum Gasteiger partial charge on any atom is -0.341 e. The predicted molar refractivity (Wildman–Crippen MR) is 86.5 cm³/mol. The van der Waals surface area contributed by atoms with Gasteiger partial charge in [-0.05, 0) is 17.7 Å². The summed E-state index contributed by atoms with van der Waals surface area (Å²) in [6.45, 7) is -0.0919. The molecule has 2 aromatic rings. The highest BCUT2D eigenvalue weighted by Crippen LogP contribution is 2.05. The lowest BCUT2D eigenvalue weighted by Gasteiger charge is -2.18. The van der Waals surface area contributed by atoms with Gasteiger partial charge in [0.05, 0.1) is 6.07 Å². The van der Waals surface area contributed by atoms with Crippen molar-refractivity contribution < 1.29 is 9.59 Å². The van der Waals surface area contributed by atoms with Crippen LogP contribution in [0.1, 0.15) is 15.9 Å². The molecular weight excluding hydrogens is 290 g/mol. The van der Waals surface area contributed by atoms with Crippen molar-refractivity contribution in [2.75, 3.05) is 6.54 Å². The zero-order chi connectivity index (χ0) is 16.5. The first kappa shape index (κ1) is 16.2. The van der Waals surface area contributed by atoms with Gasteiger partial charge >= 0.3 is 0 Å². The molecule has 0 bridgehead atoms. The van der Waals surface area contributed by atoms with Crippen LogP contribution in [-0.4, -0.2) is 24.4 Å². The number of benzene rings is 2. The molecule has 2 N–H and O–H groups in total. The van der Waals surface area contributed by atoms with Gasteiger partial charge in [0.15, 0.2) is 0 Å². The van der Waals surface area contributed by atoms with Gasteiger partial charge in [-0.2, -0.15) is 5.26 Å². The van der Waals surface area contributed by atoms with Crippen LogP contribution in [0.15, 0.2) is 60.7 Å². The molecule has 5 nitrogen and oxygen atoms in total. The van der Waals surface area contributed by atoms with Gasteiger partial charge in [0.2, 0.25) is 5.91 Å². The van der Waals surface area contributed by atoms with Crippen LogP contribution in [0.4, 0.5) is 0 Å². The summed E-state index contributed by atoms with van der Waals surface area (Å²) in [5.41, 5.74) is 1.41. The van der Waals surface area contributed by atoms with E-state index in [-0.39, 0.29) is 18.4 Å². The van der Waals surface area contributed by atoms with Crippen molar-refractivity contribution in [3.05, 3.63) is 71.8 Å². The van der Waals surface area contributed by atoms with E-state index in [2.05, 4.69) is 10.6 Å². The number of amides is 2. The van der Waals surface area contributed by atoms with Gasteiger partial charge in [0.1, 0.15) is 12.6 Å². The maximum atomic E-state index is 12.3. The Balaban J connectivity index is 2.11. The Morgan fingerprint density at radius 3 is 2.22 bits per heavy atom. The summed E-state index contributed by atoms with van der Waals surface area (Å²) in [7, 11) is 0. The summed E-state index contributed by atoms with van der Waals surface area (Å²) in [5.74, 6) is -0.696. The van der Waals surface area contributed by atoms with Crippen LogP contribution in [0, 0.1) is 11.3 Å². The lowest BCUT2D eigenvalue weighted by atomic mass is 10.0. The minimum atomic E-state index is -0.738. The normalized spacial score (nSPS) is 11.1. The van der Waals surface area contributed by atoms with E-state index < -0.39 is 6.04 Å². The SMILES string of the molecule is N#CCNC(=O)[C@@H](Cc1ccccc1)NC(=O)c1ccccc1. The second-order valence-corrected chi connectivity index (χ2v) is 4.96. The molecule has 23 heavy (non-hydrogen) atoms. The summed E-state index contributed by atoms with van der Waals surface area (Å²) < 4.78 is 0. The van der Waals surface area contributed by atoms with Crippen molar-refractivity contribution in [2.24, 2.45) is 0 Å². The fourth-order valence-corrected chi connectivity index (χ4v) is 2.14. The third-order valence-electron chi connectivity index (χ3n) is 3.28. The first-order valence-electron chi connectivity index (χ1n) is 7.25. The molecule has 116 valence electrons. The average molecular weight is 307 g/mol. The molecule has 0 aliphatic heterocycles. The van der Waals surface area contributed by atoms with Gasteiger partial charge < -0.3 is 10.6 Å². The Bertz CT molecular complexity index is 693. The molecule has 0 aromatic heterocycles. The van der Waals surface area contributed by atoms with Crippen LogP contribution in [0.5, 0.6) is 0 Å². The van der Waals surface area contributed by atoms with Gasteiger partial charge in [-0.15, -0.1) is 0 Å². The van der Waals surface area contributed by atoms with E-state index >= 15 is 0 Å². The Morgan fingerprint density at radius 1 is 1.00 bits per heavy atom. The lowest BCUT2D eigenvalue weighted by Crippen LogP contribution is -2.48. The molecule has 0 radical (unpaired) electrons. The molecule has 1 atom stereocenters. The average Bonchev–Trinajstić information content (AvgIpc) is 2.60. The fourth-order valence-electron chi connectivity index (χ4n) is 2.14. The molecule has 0 heterocycles. The largest absolute Gasteiger partial charge is 0.341 e. The summed E-state index contributed by atoms with van der Waals surface area (Å²) in [6, 6.07) is 19.2. The monoisotopic (exact) mass is 307 g/mol. The van der Waals surface area contributed by atoms with Gasteiger partial charge in [-0.3, -0.25) is 9.59 Å². The van der Waals surface area contributed by atoms with E-state index in [0.717, 1.165) is 5.56 Å². The smallest absolute Gasteiger partial charge is 0.251 e. The minimum absolute atomic E-state index is 0.0919. The van der Waals surface area contributed by atoms with Crippen LogP contribution in [0.2, 0.25) is 0 Å². The van der Waals surface area contributed by atoms with E-state index in [1.807, 2.05) is 42.5 Å². The number of nitriles is 1. The number of rotatable bonds is 6. The van der Waals surface area contributed by atoms with Crippen LogP contribution in [0.3, 0.4) is 0 Å². The topological polar surface area (TPSA) is 82.0 Å². The Morgan fingerprint density at radius 2 is 1.61 bits per heavy atom. The molecule has 0 saturated heterocycles. The summed E-state index contributed by atoms with van der Waals surface area (Å²) in [4.78, 5) is 24.5. The molecule has 2 aromatic carbocycles. The lowest BCUT2D eigenvalue weighted by molar-refractivity contribution is -0.122. The van der Waals surface area contributed by atoms with Gasteiger partial charge in [-0.1, -0.05) is 48.5 Å². The number of carbonyl (C=O) groups excluding carboxylic acids is 2. The molecule has 0 aliphatic carbocycles.